The quantitative estimate of drug-likeness (QED) is 0.823. The molecule has 1 aromatic heterocycles. The number of nitrogens with zero attached hydrogens (tertiary/aromatic N) is 3. The van der Waals surface area contributed by atoms with E-state index in [0.717, 1.165) is 6.07 Å². The maximum absolute atomic E-state index is 11.8. The second-order valence-electron chi connectivity index (χ2n) is 4.41. The molecule has 9 heteroatoms. The van der Waals surface area contributed by atoms with Crippen molar-refractivity contribution in [1.29, 1.82) is 5.26 Å². The van der Waals surface area contributed by atoms with E-state index in [1.807, 2.05) is 0 Å². The van der Waals surface area contributed by atoms with Gasteiger partial charge in [-0.25, -0.2) is 0 Å². The Morgan fingerprint density at radius 1 is 1.43 bits per heavy atom. The van der Waals surface area contributed by atoms with Gasteiger partial charge in [0.05, 0.1) is 11.7 Å². The van der Waals surface area contributed by atoms with E-state index >= 15 is 0 Å². The van der Waals surface area contributed by atoms with Crippen molar-refractivity contribution in [3.8, 4) is 11.9 Å². The first-order valence-corrected chi connectivity index (χ1v) is 6.51. The number of nitrogens with one attached hydrogen (secondary N) is 1. The third kappa shape index (κ3) is 3.20. The Morgan fingerprint density at radius 3 is 2.74 bits per heavy atom. The Labute approximate surface area is 134 Å². The molecule has 0 atom stereocenters. The molecule has 0 aliphatic rings. The molecule has 2 aromatic rings. The van der Waals surface area contributed by atoms with Crippen molar-refractivity contribution in [2.24, 2.45) is 10.2 Å². The van der Waals surface area contributed by atoms with Crippen molar-refractivity contribution >= 4 is 28.9 Å². The molecule has 0 fully saturated rings. The summed E-state index contributed by atoms with van der Waals surface area (Å²) in [6.07, 6.45) is 0. The maximum atomic E-state index is 11.8. The lowest BCUT2D eigenvalue weighted by atomic mass is 10.1. The molecule has 8 nitrogen and oxygen atoms in total. The highest BCUT2D eigenvalue weighted by molar-refractivity contribution is 6.33. The fourth-order valence-corrected chi connectivity index (χ4v) is 1.99. The van der Waals surface area contributed by atoms with Crippen molar-refractivity contribution in [2.75, 3.05) is 0 Å². The molecular weight excluding hydrogens is 324 g/mol. The zero-order valence-electron chi connectivity index (χ0n) is 11.6. The van der Waals surface area contributed by atoms with E-state index in [1.54, 1.807) is 6.07 Å². The van der Waals surface area contributed by atoms with Crippen LogP contribution in [0.5, 0.6) is 5.88 Å². The number of carboxylic acids is 1. The third-order valence-corrected chi connectivity index (χ3v) is 3.29. The summed E-state index contributed by atoms with van der Waals surface area (Å²) >= 11 is 5.70. The van der Waals surface area contributed by atoms with Crippen molar-refractivity contribution in [3.05, 3.63) is 50.3 Å². The summed E-state index contributed by atoms with van der Waals surface area (Å²) in [5, 5.41) is 36.8. The third-order valence-electron chi connectivity index (χ3n) is 2.96. The number of carbonyl (C=O) groups excluding carboxylic acids is 1. The molecule has 116 valence electrons. The number of carbonyl (C=O) groups is 1. The van der Waals surface area contributed by atoms with E-state index in [1.165, 1.54) is 19.1 Å². The lowest BCUT2D eigenvalue weighted by molar-refractivity contribution is -0.255. The average Bonchev–Trinajstić information content (AvgIpc) is 2.48. The predicted molar refractivity (Wildman–Crippen MR) is 78.1 cm³/mol. The summed E-state index contributed by atoms with van der Waals surface area (Å²) in [6.45, 7) is 1.43. The number of aromatic hydroxyl groups is 1. The molecule has 2 N–H and O–H groups in total. The second-order valence-corrected chi connectivity index (χ2v) is 4.82. The average molecular weight is 332 g/mol. The fraction of sp³-hybridized carbons (Fsp3) is 0.0714. The van der Waals surface area contributed by atoms with Gasteiger partial charge in [-0.05, 0) is 25.1 Å². The number of nitriles is 1. The smallest absolute Gasteiger partial charge is 0.278 e. The second kappa shape index (κ2) is 6.29. The van der Waals surface area contributed by atoms with Crippen LogP contribution in [-0.4, -0.2) is 16.1 Å². The summed E-state index contributed by atoms with van der Waals surface area (Å²) in [5.41, 5.74) is -1.05. The van der Waals surface area contributed by atoms with Gasteiger partial charge in [0.15, 0.2) is 5.69 Å². The normalized spacial score (nSPS) is 10.7. The lowest BCUT2D eigenvalue weighted by Crippen LogP contribution is -2.22. The van der Waals surface area contributed by atoms with E-state index in [4.69, 9.17) is 16.9 Å². The summed E-state index contributed by atoms with van der Waals surface area (Å²) in [6, 6.07) is 5.57. The van der Waals surface area contributed by atoms with Crippen molar-refractivity contribution in [3.63, 3.8) is 0 Å². The minimum absolute atomic E-state index is 0.0191. The Bertz CT molecular complexity index is 928. The van der Waals surface area contributed by atoms with Gasteiger partial charge in [-0.1, -0.05) is 11.6 Å². The van der Waals surface area contributed by atoms with E-state index < -0.39 is 17.4 Å². The first-order chi connectivity index (χ1) is 10.8. The van der Waals surface area contributed by atoms with Crippen LogP contribution in [0.2, 0.25) is 5.02 Å². The number of H-pyrrole nitrogens is 1. The van der Waals surface area contributed by atoms with Crippen LogP contribution in [0.1, 0.15) is 21.5 Å². The Kier molecular flexibility index (Phi) is 4.43. The molecule has 0 saturated heterocycles. The van der Waals surface area contributed by atoms with Crippen molar-refractivity contribution < 1.29 is 15.0 Å². The summed E-state index contributed by atoms with van der Waals surface area (Å²) in [4.78, 5) is 24.7. The number of aromatic nitrogens is 1. The first-order valence-electron chi connectivity index (χ1n) is 6.13. The van der Waals surface area contributed by atoms with E-state index in [-0.39, 0.29) is 33.1 Å². The van der Waals surface area contributed by atoms with Crippen LogP contribution in [0.3, 0.4) is 0 Å². The molecule has 0 aliphatic carbocycles. The van der Waals surface area contributed by atoms with Crippen LogP contribution < -0.4 is 10.7 Å². The number of pyridine rings is 1. The number of halogens is 1. The number of aromatic amines is 1. The topological polar surface area (TPSA) is 142 Å². The largest absolute Gasteiger partial charge is 0.545 e. The molecule has 0 spiro atoms. The van der Waals surface area contributed by atoms with E-state index in [9.17, 15) is 19.8 Å². The highest BCUT2D eigenvalue weighted by Gasteiger charge is 2.13. The molecule has 0 saturated carbocycles. The number of carboxylic acid groups (broad SMARTS) is 1. The van der Waals surface area contributed by atoms with Gasteiger partial charge in [0, 0.05) is 16.1 Å². The summed E-state index contributed by atoms with van der Waals surface area (Å²) in [5.74, 6) is -2.03. The molecule has 2 rings (SSSR count). The molecule has 1 heterocycles. The number of hydrogen-bond acceptors (Lipinski definition) is 7. The van der Waals surface area contributed by atoms with E-state index in [2.05, 4.69) is 15.2 Å². The zero-order chi connectivity index (χ0) is 17.1. The van der Waals surface area contributed by atoms with Crippen molar-refractivity contribution in [1.82, 2.24) is 4.98 Å². The molecular formula is C14H8ClN4O4-. The minimum atomic E-state index is -1.47. The molecule has 0 aliphatic heterocycles. The van der Waals surface area contributed by atoms with Gasteiger partial charge in [-0.15, -0.1) is 5.11 Å². The van der Waals surface area contributed by atoms with Gasteiger partial charge in [-0.2, -0.15) is 10.4 Å². The lowest BCUT2D eigenvalue weighted by Gasteiger charge is -2.05. The number of aromatic carboxylic acids is 1. The number of rotatable bonds is 3. The van der Waals surface area contributed by atoms with Gasteiger partial charge in [0.2, 0.25) is 5.88 Å². The van der Waals surface area contributed by atoms with Crippen LogP contribution in [0.15, 0.2) is 33.2 Å². The zero-order valence-corrected chi connectivity index (χ0v) is 12.4. The Balaban J connectivity index is 2.50. The van der Waals surface area contributed by atoms with Gasteiger partial charge in [-0.3, -0.25) is 9.78 Å². The maximum Gasteiger partial charge on any atom is 0.278 e. The standard InChI is InChI=1S/C14H9ClN4O4/c1-6-9(5-16)12(20)17-13(21)11(6)19-18-7-2-3-10(15)8(4-7)14(22)23/h2-4H,1H3,(H,22,23)(H2,17,20,21)/p-1. The van der Waals surface area contributed by atoms with Crippen LogP contribution in [0.25, 0.3) is 0 Å². The molecule has 1 aromatic carbocycles. The molecule has 0 unspecified atom stereocenters. The van der Waals surface area contributed by atoms with Gasteiger partial charge >= 0.3 is 0 Å². The van der Waals surface area contributed by atoms with Gasteiger partial charge in [0.25, 0.3) is 5.56 Å². The first kappa shape index (κ1) is 16.2. The highest BCUT2D eigenvalue weighted by atomic mass is 35.5. The van der Waals surface area contributed by atoms with Crippen molar-refractivity contribution in [2.45, 2.75) is 6.92 Å². The SMILES string of the molecule is Cc1c(C#N)c(O)[nH]c(=O)c1N=Nc1ccc(Cl)c(C(=O)[O-])c1. The van der Waals surface area contributed by atoms with E-state index in [0.29, 0.717) is 0 Å². The van der Waals surface area contributed by atoms with Crippen LogP contribution >= 0.6 is 11.6 Å². The monoisotopic (exact) mass is 331 g/mol. The number of azo groups is 1. The van der Waals surface area contributed by atoms with Crippen LogP contribution in [0, 0.1) is 18.3 Å². The molecule has 23 heavy (non-hydrogen) atoms. The minimum Gasteiger partial charge on any atom is -0.545 e. The van der Waals surface area contributed by atoms with Crippen LogP contribution in [-0.2, 0) is 0 Å². The van der Waals surface area contributed by atoms with Gasteiger partial charge < -0.3 is 15.0 Å². The summed E-state index contributed by atoms with van der Waals surface area (Å²) < 4.78 is 0. The number of hydrogen-bond donors (Lipinski definition) is 2. The molecule has 0 amide bonds. The predicted octanol–water partition coefficient (Wildman–Crippen LogP) is 1.69. The molecule has 0 bridgehead atoms. The number of benzene rings is 1. The highest BCUT2D eigenvalue weighted by Crippen LogP contribution is 2.26. The Hall–Kier alpha value is -3.18. The van der Waals surface area contributed by atoms with Crippen LogP contribution in [0.4, 0.5) is 11.4 Å². The Morgan fingerprint density at radius 2 is 2.13 bits per heavy atom. The van der Waals surface area contributed by atoms with Gasteiger partial charge in [0.1, 0.15) is 11.6 Å². The fourth-order valence-electron chi connectivity index (χ4n) is 1.79. The summed E-state index contributed by atoms with van der Waals surface area (Å²) in [7, 11) is 0. The molecule has 0 radical (unpaired) electrons.